The summed E-state index contributed by atoms with van der Waals surface area (Å²) in [5.41, 5.74) is 0. The highest BCUT2D eigenvalue weighted by atomic mass is 31.2. The molecule has 0 aromatic heterocycles. The molecule has 1 amide bonds. The van der Waals surface area contributed by atoms with Crippen molar-refractivity contribution in [2.45, 2.75) is 219 Å². The predicted molar refractivity (Wildman–Crippen MR) is 281 cm³/mol. The number of phosphoric acid groups is 1. The van der Waals surface area contributed by atoms with Crippen LogP contribution in [0.2, 0.25) is 0 Å². The molecule has 3 unspecified atom stereocenters. The summed E-state index contributed by atoms with van der Waals surface area (Å²) in [6.45, 7) is 6.71. The first-order valence-electron chi connectivity index (χ1n) is 26.4. The lowest BCUT2D eigenvalue weighted by atomic mass is 10.1. The minimum absolute atomic E-state index is 0.0298. The van der Waals surface area contributed by atoms with E-state index in [1.54, 1.807) is 0 Å². The maximum Gasteiger partial charge on any atom is 0.472 e. The van der Waals surface area contributed by atoms with Crippen LogP contribution in [0.25, 0.3) is 0 Å². The molecule has 9 nitrogen and oxygen atoms in total. The van der Waals surface area contributed by atoms with Crippen molar-refractivity contribution in [2.75, 3.05) is 40.9 Å². The normalized spacial score (nSPS) is 14.6. The summed E-state index contributed by atoms with van der Waals surface area (Å²) in [5, 5.41) is 3.02. The van der Waals surface area contributed by atoms with Crippen molar-refractivity contribution in [1.29, 1.82) is 0 Å². The molecule has 10 heteroatoms. The van der Waals surface area contributed by atoms with Gasteiger partial charge in [0.25, 0.3) is 0 Å². The number of amides is 1. The van der Waals surface area contributed by atoms with Crippen LogP contribution in [-0.4, -0.2) is 74.3 Å². The Kier molecular flexibility index (Phi) is 44.0. The van der Waals surface area contributed by atoms with Gasteiger partial charge in [-0.15, -0.1) is 0 Å². The van der Waals surface area contributed by atoms with Gasteiger partial charge >= 0.3 is 13.8 Å². The summed E-state index contributed by atoms with van der Waals surface area (Å²) in [7, 11) is 1.46. The number of carbonyl (C=O) groups excluding carboxylic acids is 2. The number of hydrogen-bond acceptors (Lipinski definition) is 6. The fraction of sp³-hybridized carbons (Fsp3) is 0.714. The van der Waals surface area contributed by atoms with E-state index in [0.29, 0.717) is 23.9 Å². The van der Waals surface area contributed by atoms with Gasteiger partial charge in [-0.2, -0.15) is 0 Å². The van der Waals surface area contributed by atoms with Crippen molar-refractivity contribution in [1.82, 2.24) is 5.32 Å². The van der Waals surface area contributed by atoms with Crippen LogP contribution < -0.4 is 5.32 Å². The molecule has 0 aliphatic rings. The smallest absolute Gasteiger partial charge is 0.456 e. The highest BCUT2D eigenvalue weighted by Gasteiger charge is 2.30. The second-order valence-electron chi connectivity index (χ2n) is 18.7. The van der Waals surface area contributed by atoms with Crippen molar-refractivity contribution < 1.29 is 37.3 Å². The van der Waals surface area contributed by atoms with Crippen LogP contribution in [0.15, 0.2) is 85.1 Å². The van der Waals surface area contributed by atoms with E-state index in [0.717, 1.165) is 103 Å². The average Bonchev–Trinajstić information content (AvgIpc) is 3.27. The van der Waals surface area contributed by atoms with Crippen molar-refractivity contribution in [3.8, 4) is 0 Å². The van der Waals surface area contributed by atoms with E-state index in [1.165, 1.54) is 64.2 Å². The maximum atomic E-state index is 13.4. The Labute approximate surface area is 406 Å². The van der Waals surface area contributed by atoms with Gasteiger partial charge in [0.2, 0.25) is 5.91 Å². The molecule has 0 aromatic carbocycles. The second-order valence-corrected chi connectivity index (χ2v) is 20.1. The number of nitrogens with one attached hydrogen (secondary N) is 1. The molecule has 380 valence electrons. The molecule has 0 aliphatic heterocycles. The largest absolute Gasteiger partial charge is 0.472 e. The zero-order valence-electron chi connectivity index (χ0n) is 43.2. The molecular formula is C56H100N2O7P+. The predicted octanol–water partition coefficient (Wildman–Crippen LogP) is 15.5. The van der Waals surface area contributed by atoms with Crippen molar-refractivity contribution >= 4 is 19.7 Å². The van der Waals surface area contributed by atoms with E-state index in [2.05, 4.69) is 99.0 Å². The van der Waals surface area contributed by atoms with E-state index < -0.39 is 20.0 Å². The van der Waals surface area contributed by atoms with Crippen LogP contribution in [0.5, 0.6) is 0 Å². The molecule has 66 heavy (non-hydrogen) atoms. The van der Waals surface area contributed by atoms with E-state index in [4.69, 9.17) is 13.8 Å². The lowest BCUT2D eigenvalue weighted by Crippen LogP contribution is -2.47. The first-order chi connectivity index (χ1) is 31.9. The highest BCUT2D eigenvalue weighted by Crippen LogP contribution is 2.43. The number of carbonyl (C=O) groups is 2. The molecule has 0 saturated carbocycles. The van der Waals surface area contributed by atoms with Gasteiger partial charge in [0.1, 0.15) is 19.3 Å². The molecule has 0 aliphatic carbocycles. The Morgan fingerprint density at radius 1 is 0.561 bits per heavy atom. The van der Waals surface area contributed by atoms with Gasteiger partial charge in [-0.05, 0) is 83.1 Å². The topological polar surface area (TPSA) is 111 Å². The third-order valence-electron chi connectivity index (χ3n) is 11.1. The number of phosphoric ester groups is 1. The molecule has 0 bridgehead atoms. The SMILES string of the molecule is CC/C=C/C=C/C=C/CCCCCCCCCC(=O)NC(COP(=O)(O)OCC[N+](C)(C)C)C(/C=C/CCCCCCCCCCC)OC(=O)CCCCCC/C=C/C/C=C/C/C=C/CC. The first kappa shape index (κ1) is 63.2. The summed E-state index contributed by atoms with van der Waals surface area (Å²) >= 11 is 0. The monoisotopic (exact) mass is 944 g/mol. The standard InChI is InChI=1S/C56H99N2O7P/c1-7-10-13-16-19-22-25-27-29-30-33-36-39-42-45-48-55(59)57-53(52-64-66(61,62)63-51-50-58(4,5)6)54(47-44-41-38-35-32-24-21-18-15-12-9-3)65-56(60)49-46-43-40-37-34-31-28-26-23-20-17-14-11-8-2/h10-11,13-14,16,19-20,22-23,25,28,31,44,47,53-54H,7-9,12,15,17-18,21,24,26-27,29-30,32-43,45-46,48-52H2,1-6H3,(H-,57,59,61,62)/p+1/b13-10+,14-11+,19-16+,23-20+,25-22+,31-28+,47-44+. The molecule has 0 rings (SSSR count). The maximum absolute atomic E-state index is 13.4. The van der Waals surface area contributed by atoms with Gasteiger partial charge in [0, 0.05) is 12.8 Å². The molecule has 0 saturated heterocycles. The van der Waals surface area contributed by atoms with E-state index in [9.17, 15) is 19.0 Å². The molecule has 0 radical (unpaired) electrons. The minimum Gasteiger partial charge on any atom is -0.456 e. The lowest BCUT2D eigenvalue weighted by Gasteiger charge is -2.27. The molecule has 0 fully saturated rings. The number of likely N-dealkylation sites (N-methyl/N-ethyl adjacent to an activating group) is 1. The average molecular weight is 944 g/mol. The fourth-order valence-electron chi connectivity index (χ4n) is 7.07. The van der Waals surface area contributed by atoms with Crippen LogP contribution >= 0.6 is 7.82 Å². The Bertz CT molecular complexity index is 1410. The Balaban J connectivity index is 5.45. The lowest BCUT2D eigenvalue weighted by molar-refractivity contribution is -0.870. The molecule has 2 N–H and O–H groups in total. The van der Waals surface area contributed by atoms with Gasteiger partial charge in [-0.1, -0.05) is 196 Å². The summed E-state index contributed by atoms with van der Waals surface area (Å²) < 4.78 is 30.5. The summed E-state index contributed by atoms with van der Waals surface area (Å²) in [5.74, 6) is -0.553. The highest BCUT2D eigenvalue weighted by molar-refractivity contribution is 7.47. The second kappa shape index (κ2) is 45.9. The Morgan fingerprint density at radius 3 is 1.62 bits per heavy atom. The van der Waals surface area contributed by atoms with Crippen LogP contribution in [0, 0.1) is 0 Å². The Morgan fingerprint density at radius 2 is 1.05 bits per heavy atom. The van der Waals surface area contributed by atoms with Crippen molar-refractivity contribution in [3.05, 3.63) is 85.1 Å². The number of allylic oxidation sites excluding steroid dienone is 13. The zero-order chi connectivity index (χ0) is 48.7. The summed E-state index contributed by atoms with van der Waals surface area (Å²) in [4.78, 5) is 37.4. The van der Waals surface area contributed by atoms with E-state index in [1.807, 2.05) is 33.3 Å². The van der Waals surface area contributed by atoms with Crippen molar-refractivity contribution in [2.24, 2.45) is 0 Å². The molecule has 0 spiro atoms. The quantitative estimate of drug-likeness (QED) is 0.0156. The Hall–Kier alpha value is -2.81. The molecular weight excluding hydrogens is 844 g/mol. The van der Waals surface area contributed by atoms with Gasteiger partial charge in [-0.25, -0.2) is 4.57 Å². The van der Waals surface area contributed by atoms with Crippen LogP contribution in [0.4, 0.5) is 0 Å². The number of esters is 1. The van der Waals surface area contributed by atoms with Crippen LogP contribution in [0.1, 0.15) is 207 Å². The molecule has 0 heterocycles. The number of quaternary nitrogens is 1. The van der Waals surface area contributed by atoms with E-state index in [-0.39, 0.29) is 31.5 Å². The third-order valence-corrected chi connectivity index (χ3v) is 12.1. The number of nitrogens with zero attached hydrogens (tertiary/aromatic N) is 1. The van der Waals surface area contributed by atoms with Gasteiger partial charge in [0.15, 0.2) is 0 Å². The summed E-state index contributed by atoms with van der Waals surface area (Å²) in [6, 6.07) is -0.866. The number of unbranched alkanes of at least 4 members (excludes halogenated alkanes) is 20. The number of rotatable bonds is 46. The third kappa shape index (κ3) is 46.3. The van der Waals surface area contributed by atoms with Gasteiger partial charge in [0.05, 0.1) is 33.8 Å². The summed E-state index contributed by atoms with van der Waals surface area (Å²) in [6.07, 6.45) is 58.6. The van der Waals surface area contributed by atoms with Crippen LogP contribution in [0.3, 0.4) is 0 Å². The first-order valence-corrected chi connectivity index (χ1v) is 27.9. The fourth-order valence-corrected chi connectivity index (χ4v) is 7.81. The zero-order valence-corrected chi connectivity index (χ0v) is 44.1. The molecule has 0 aromatic rings. The molecule has 3 atom stereocenters. The van der Waals surface area contributed by atoms with Crippen molar-refractivity contribution in [3.63, 3.8) is 0 Å². The van der Waals surface area contributed by atoms with Crippen LogP contribution in [-0.2, 0) is 27.9 Å². The van der Waals surface area contributed by atoms with Gasteiger partial charge < -0.3 is 19.4 Å². The minimum atomic E-state index is -4.45. The number of hydrogen-bond donors (Lipinski definition) is 2. The van der Waals surface area contributed by atoms with Gasteiger partial charge in [-0.3, -0.25) is 18.6 Å². The van der Waals surface area contributed by atoms with E-state index >= 15 is 0 Å². The number of ether oxygens (including phenoxy) is 1.